The molecule has 5 heteroatoms. The first kappa shape index (κ1) is 20.5. The SMILES string of the molecule is C=C(C)COC(CC)[Si](OC)(OC)C(CC)OCC(=C)C. The predicted octanol–water partition coefficient (Wildman–Crippen LogP) is 3.54. The van der Waals surface area contributed by atoms with Gasteiger partial charge in [-0.3, -0.25) is 0 Å². The molecule has 0 bridgehead atoms. The fraction of sp³-hybridized carbons (Fsp3) is 0.750. The van der Waals surface area contributed by atoms with Gasteiger partial charge in [0.1, 0.15) is 11.5 Å². The van der Waals surface area contributed by atoms with E-state index in [1.807, 2.05) is 13.8 Å². The van der Waals surface area contributed by atoms with Crippen LogP contribution in [0.25, 0.3) is 0 Å². The van der Waals surface area contributed by atoms with Gasteiger partial charge in [-0.15, -0.1) is 0 Å². The molecule has 0 N–H and O–H groups in total. The summed E-state index contributed by atoms with van der Waals surface area (Å²) in [5.74, 6) is 0. The molecule has 0 aromatic carbocycles. The van der Waals surface area contributed by atoms with Crippen LogP contribution in [0.4, 0.5) is 0 Å². The van der Waals surface area contributed by atoms with Gasteiger partial charge in [-0.1, -0.05) is 38.2 Å². The lowest BCUT2D eigenvalue weighted by Gasteiger charge is -2.39. The van der Waals surface area contributed by atoms with Crippen molar-refractivity contribution in [2.24, 2.45) is 0 Å². The summed E-state index contributed by atoms with van der Waals surface area (Å²) in [5, 5.41) is 0. The third kappa shape index (κ3) is 6.04. The molecule has 0 rings (SSSR count). The van der Waals surface area contributed by atoms with Crippen LogP contribution in [-0.4, -0.2) is 47.4 Å². The summed E-state index contributed by atoms with van der Waals surface area (Å²) in [6.45, 7) is 16.8. The van der Waals surface area contributed by atoms with E-state index in [0.29, 0.717) is 13.2 Å². The first-order chi connectivity index (χ1) is 9.87. The second-order valence-corrected chi connectivity index (χ2v) is 9.01. The van der Waals surface area contributed by atoms with Gasteiger partial charge in [0.15, 0.2) is 0 Å². The van der Waals surface area contributed by atoms with Crippen LogP contribution in [0.2, 0.25) is 0 Å². The Balaban J connectivity index is 5.21. The van der Waals surface area contributed by atoms with E-state index in [0.717, 1.165) is 24.0 Å². The Labute approximate surface area is 131 Å². The van der Waals surface area contributed by atoms with Gasteiger partial charge in [-0.05, 0) is 26.7 Å². The van der Waals surface area contributed by atoms with Gasteiger partial charge < -0.3 is 18.3 Å². The van der Waals surface area contributed by atoms with Crippen LogP contribution >= 0.6 is 0 Å². The summed E-state index contributed by atoms with van der Waals surface area (Å²) < 4.78 is 23.7. The van der Waals surface area contributed by atoms with Crippen molar-refractivity contribution >= 4 is 8.56 Å². The summed E-state index contributed by atoms with van der Waals surface area (Å²) in [4.78, 5) is 0. The van der Waals surface area contributed by atoms with E-state index in [2.05, 4.69) is 27.0 Å². The van der Waals surface area contributed by atoms with Gasteiger partial charge in [-0.25, -0.2) is 0 Å². The highest BCUT2D eigenvalue weighted by molar-refractivity contribution is 6.70. The van der Waals surface area contributed by atoms with E-state index >= 15 is 0 Å². The molecule has 0 aromatic rings. The fourth-order valence-corrected chi connectivity index (χ4v) is 5.74. The van der Waals surface area contributed by atoms with Gasteiger partial charge >= 0.3 is 8.56 Å². The van der Waals surface area contributed by atoms with Crippen LogP contribution < -0.4 is 0 Å². The molecule has 0 amide bonds. The maximum absolute atomic E-state index is 6.00. The minimum absolute atomic E-state index is 0.0979. The van der Waals surface area contributed by atoms with Crippen LogP contribution in [0, 0.1) is 0 Å². The monoisotopic (exact) mass is 316 g/mol. The summed E-state index contributed by atoms with van der Waals surface area (Å²) in [6.07, 6.45) is 1.63. The predicted molar refractivity (Wildman–Crippen MR) is 89.5 cm³/mol. The van der Waals surface area contributed by atoms with E-state index in [1.165, 1.54) is 0 Å². The zero-order valence-corrected chi connectivity index (χ0v) is 15.5. The average molecular weight is 317 g/mol. The van der Waals surface area contributed by atoms with Crippen molar-refractivity contribution in [2.75, 3.05) is 27.4 Å². The minimum Gasteiger partial charge on any atom is -0.395 e. The highest BCUT2D eigenvalue weighted by Gasteiger charge is 2.52. The maximum atomic E-state index is 6.00. The molecule has 0 aliphatic rings. The molecule has 0 saturated heterocycles. The molecular weight excluding hydrogens is 284 g/mol. The molecule has 0 fully saturated rings. The van der Waals surface area contributed by atoms with Gasteiger partial charge in [0, 0.05) is 14.2 Å². The Morgan fingerprint density at radius 3 is 1.38 bits per heavy atom. The van der Waals surface area contributed by atoms with Gasteiger partial charge in [0.25, 0.3) is 0 Å². The molecule has 0 aliphatic heterocycles. The summed E-state index contributed by atoms with van der Waals surface area (Å²) in [6, 6.07) is 0. The first-order valence-electron chi connectivity index (χ1n) is 7.50. The van der Waals surface area contributed by atoms with Crippen molar-refractivity contribution in [2.45, 2.75) is 52.0 Å². The second-order valence-electron chi connectivity index (χ2n) is 5.46. The molecule has 0 heterocycles. The lowest BCUT2D eigenvalue weighted by Crippen LogP contribution is -2.63. The van der Waals surface area contributed by atoms with Gasteiger partial charge in [0.05, 0.1) is 13.2 Å². The molecule has 0 aromatic heterocycles. The third-order valence-electron chi connectivity index (χ3n) is 3.34. The summed E-state index contributed by atoms with van der Waals surface area (Å²) >= 11 is 0. The highest BCUT2D eigenvalue weighted by atomic mass is 28.4. The third-order valence-corrected chi connectivity index (χ3v) is 7.56. The van der Waals surface area contributed by atoms with Crippen LogP contribution in [0.1, 0.15) is 40.5 Å². The Morgan fingerprint density at radius 1 is 0.857 bits per heavy atom. The van der Waals surface area contributed by atoms with Crippen molar-refractivity contribution in [1.82, 2.24) is 0 Å². The van der Waals surface area contributed by atoms with Crippen LogP contribution in [0.5, 0.6) is 0 Å². The van der Waals surface area contributed by atoms with E-state index in [9.17, 15) is 0 Å². The molecule has 0 spiro atoms. The van der Waals surface area contributed by atoms with Gasteiger partial charge in [0.2, 0.25) is 0 Å². The Hall–Kier alpha value is -0.463. The van der Waals surface area contributed by atoms with Gasteiger partial charge in [-0.2, -0.15) is 0 Å². The molecule has 21 heavy (non-hydrogen) atoms. The smallest absolute Gasteiger partial charge is 0.395 e. The normalized spacial score (nSPS) is 14.8. The summed E-state index contributed by atoms with van der Waals surface area (Å²) in [5.41, 5.74) is 1.78. The van der Waals surface area contributed by atoms with E-state index in [4.69, 9.17) is 18.3 Å². The quantitative estimate of drug-likeness (QED) is 0.408. The largest absolute Gasteiger partial charge is 0.397 e. The molecule has 4 nitrogen and oxygen atoms in total. The van der Waals surface area contributed by atoms with E-state index in [-0.39, 0.29) is 11.5 Å². The molecule has 2 atom stereocenters. The van der Waals surface area contributed by atoms with Crippen molar-refractivity contribution in [3.05, 3.63) is 24.3 Å². The molecule has 124 valence electrons. The molecule has 2 unspecified atom stereocenters. The lowest BCUT2D eigenvalue weighted by atomic mass is 10.4. The van der Waals surface area contributed by atoms with Crippen molar-refractivity contribution in [3.8, 4) is 0 Å². The van der Waals surface area contributed by atoms with Crippen molar-refractivity contribution in [1.29, 1.82) is 0 Å². The number of hydrogen-bond donors (Lipinski definition) is 0. The molecule has 0 saturated carbocycles. The lowest BCUT2D eigenvalue weighted by molar-refractivity contribution is 0.0189. The van der Waals surface area contributed by atoms with Crippen molar-refractivity contribution < 1.29 is 18.3 Å². The number of hydrogen-bond acceptors (Lipinski definition) is 4. The fourth-order valence-electron chi connectivity index (χ4n) is 2.34. The molecule has 0 radical (unpaired) electrons. The molecular formula is C16H32O4Si. The number of ether oxygens (including phenoxy) is 2. The van der Waals surface area contributed by atoms with E-state index < -0.39 is 8.56 Å². The zero-order chi connectivity index (χ0) is 16.5. The minimum atomic E-state index is -2.66. The van der Waals surface area contributed by atoms with Crippen molar-refractivity contribution in [3.63, 3.8) is 0 Å². The highest BCUT2D eigenvalue weighted by Crippen LogP contribution is 2.26. The zero-order valence-electron chi connectivity index (χ0n) is 14.5. The maximum Gasteiger partial charge on any atom is 0.397 e. The average Bonchev–Trinajstić information content (AvgIpc) is 2.45. The Morgan fingerprint density at radius 2 is 1.19 bits per heavy atom. The number of rotatable bonds is 12. The molecule has 0 aliphatic carbocycles. The van der Waals surface area contributed by atoms with Crippen LogP contribution in [0.15, 0.2) is 24.3 Å². The Kier molecular flexibility index (Phi) is 10.1. The topological polar surface area (TPSA) is 36.9 Å². The van der Waals surface area contributed by atoms with Crippen LogP contribution in [-0.2, 0) is 18.3 Å². The first-order valence-corrected chi connectivity index (χ1v) is 9.47. The Bertz CT molecular complexity index is 298. The second kappa shape index (κ2) is 10.3. The summed E-state index contributed by atoms with van der Waals surface area (Å²) in [7, 11) is 0.717. The van der Waals surface area contributed by atoms with E-state index in [1.54, 1.807) is 14.2 Å². The van der Waals surface area contributed by atoms with Crippen LogP contribution in [0.3, 0.4) is 0 Å². The standard InChI is InChI=1S/C16H32O4Si/c1-9-15(19-11-13(3)4)21(17-7,18-8)16(10-2)20-12-14(5)6/h15-16H,3,5,9-12H2,1-2,4,6-8H3.